The Morgan fingerprint density at radius 1 is 1.53 bits per heavy atom. The highest BCUT2D eigenvalue weighted by Gasteiger charge is 2.09. The van der Waals surface area contributed by atoms with Crippen molar-refractivity contribution in [3.63, 3.8) is 0 Å². The number of rotatable bonds is 3. The van der Waals surface area contributed by atoms with E-state index in [1.807, 2.05) is 36.6 Å². The molecule has 2 N–H and O–H groups in total. The number of nitrogens with zero attached hydrogens (tertiary/aromatic N) is 1. The van der Waals surface area contributed by atoms with Gasteiger partial charge in [0.2, 0.25) is 5.91 Å². The van der Waals surface area contributed by atoms with Gasteiger partial charge in [-0.05, 0) is 37.7 Å². The maximum absolute atomic E-state index is 11.6. The second-order valence-electron chi connectivity index (χ2n) is 3.94. The number of carbonyl (C=O) groups is 1. The number of hydrogen-bond acceptors (Lipinski definition) is 2. The Hall–Kier alpha value is -1.62. The van der Waals surface area contributed by atoms with Crippen LogP contribution in [0.2, 0.25) is 0 Å². The van der Waals surface area contributed by atoms with Crippen LogP contribution in [-0.2, 0) is 11.3 Å². The zero-order valence-corrected chi connectivity index (χ0v) is 10.7. The third-order valence-electron chi connectivity index (χ3n) is 2.67. The minimum absolute atomic E-state index is 0.0206. The minimum Gasteiger partial charge on any atom is -0.355 e. The molecule has 2 rings (SSSR count). The number of aromatic amines is 1. The number of carbonyl (C=O) groups excluding carboxylic acids is 1. The summed E-state index contributed by atoms with van der Waals surface area (Å²) in [6, 6.07) is 5.95. The van der Waals surface area contributed by atoms with Gasteiger partial charge in [-0.1, -0.05) is 12.1 Å². The first-order valence-electron chi connectivity index (χ1n) is 5.58. The van der Waals surface area contributed by atoms with Crippen molar-refractivity contribution in [3.8, 4) is 0 Å². The topological polar surface area (TPSA) is 49.8 Å². The molecule has 1 aromatic carbocycles. The normalized spacial score (nSPS) is 10.7. The van der Waals surface area contributed by atoms with Gasteiger partial charge in [0.25, 0.3) is 0 Å². The van der Waals surface area contributed by atoms with Crippen molar-refractivity contribution in [2.75, 3.05) is 6.54 Å². The molecule has 4 nitrogen and oxygen atoms in total. The third kappa shape index (κ3) is 2.24. The van der Waals surface area contributed by atoms with Crippen LogP contribution in [0.3, 0.4) is 0 Å². The standard InChI is InChI=1S/C12H15N3OS/c1-3-13-10(16)7-15-11-8(2)5-4-6-9(11)14-12(15)17/h4-6H,3,7H2,1-2H3,(H,13,16)(H,14,17). The third-order valence-corrected chi connectivity index (χ3v) is 2.99. The van der Waals surface area contributed by atoms with Crippen molar-refractivity contribution >= 4 is 29.2 Å². The van der Waals surface area contributed by atoms with Crippen LogP contribution in [0.5, 0.6) is 0 Å². The highest BCUT2D eigenvalue weighted by atomic mass is 32.1. The van der Waals surface area contributed by atoms with Crippen molar-refractivity contribution in [2.45, 2.75) is 20.4 Å². The zero-order valence-electron chi connectivity index (χ0n) is 9.91. The van der Waals surface area contributed by atoms with Gasteiger partial charge < -0.3 is 14.9 Å². The molecule has 1 amide bonds. The van der Waals surface area contributed by atoms with E-state index in [0.29, 0.717) is 11.3 Å². The van der Waals surface area contributed by atoms with Crippen molar-refractivity contribution in [3.05, 3.63) is 28.5 Å². The van der Waals surface area contributed by atoms with Crippen LogP contribution in [0, 0.1) is 11.7 Å². The highest BCUT2D eigenvalue weighted by Crippen LogP contribution is 2.17. The van der Waals surface area contributed by atoms with Crippen LogP contribution in [0.1, 0.15) is 12.5 Å². The molecular formula is C12H15N3OS. The Kier molecular flexibility index (Phi) is 3.28. The fourth-order valence-corrected chi connectivity index (χ4v) is 2.22. The van der Waals surface area contributed by atoms with Crippen LogP contribution < -0.4 is 5.32 Å². The van der Waals surface area contributed by atoms with E-state index in [1.165, 1.54) is 0 Å². The van der Waals surface area contributed by atoms with Crippen LogP contribution >= 0.6 is 12.2 Å². The van der Waals surface area contributed by atoms with Crippen molar-refractivity contribution in [1.29, 1.82) is 0 Å². The number of aromatic nitrogens is 2. The van der Waals surface area contributed by atoms with Gasteiger partial charge in [0.1, 0.15) is 6.54 Å². The van der Waals surface area contributed by atoms with Gasteiger partial charge in [-0.2, -0.15) is 0 Å². The van der Waals surface area contributed by atoms with E-state index in [2.05, 4.69) is 10.3 Å². The van der Waals surface area contributed by atoms with Crippen molar-refractivity contribution in [2.24, 2.45) is 0 Å². The molecule has 90 valence electrons. The fraction of sp³-hybridized carbons (Fsp3) is 0.333. The Morgan fingerprint density at radius 2 is 2.29 bits per heavy atom. The predicted octanol–water partition coefficient (Wildman–Crippen LogP) is 2.14. The smallest absolute Gasteiger partial charge is 0.240 e. The lowest BCUT2D eigenvalue weighted by Crippen LogP contribution is -2.27. The van der Waals surface area contributed by atoms with Gasteiger partial charge >= 0.3 is 0 Å². The van der Waals surface area contributed by atoms with Crippen LogP contribution in [-0.4, -0.2) is 22.0 Å². The molecule has 0 aliphatic heterocycles. The molecule has 0 radical (unpaired) electrons. The Labute approximate surface area is 105 Å². The number of aryl methyl sites for hydroxylation is 1. The molecule has 0 saturated heterocycles. The van der Waals surface area contributed by atoms with Gasteiger partial charge in [-0.3, -0.25) is 4.79 Å². The summed E-state index contributed by atoms with van der Waals surface area (Å²) in [6.07, 6.45) is 0. The summed E-state index contributed by atoms with van der Waals surface area (Å²) in [4.78, 5) is 14.7. The number of likely N-dealkylation sites (N-methyl/N-ethyl adjacent to an activating group) is 1. The summed E-state index contributed by atoms with van der Waals surface area (Å²) in [7, 11) is 0. The molecule has 17 heavy (non-hydrogen) atoms. The highest BCUT2D eigenvalue weighted by molar-refractivity contribution is 7.71. The molecule has 1 heterocycles. The largest absolute Gasteiger partial charge is 0.355 e. The second kappa shape index (κ2) is 4.71. The Balaban J connectivity index is 2.49. The number of hydrogen-bond donors (Lipinski definition) is 2. The van der Waals surface area contributed by atoms with E-state index in [1.54, 1.807) is 0 Å². The predicted molar refractivity (Wildman–Crippen MR) is 70.5 cm³/mol. The Bertz CT molecular complexity index is 612. The SMILES string of the molecule is CCNC(=O)Cn1c(=S)[nH]c2cccc(C)c21. The summed E-state index contributed by atoms with van der Waals surface area (Å²) in [5, 5.41) is 2.78. The lowest BCUT2D eigenvalue weighted by atomic mass is 10.2. The number of amides is 1. The van der Waals surface area contributed by atoms with E-state index in [9.17, 15) is 4.79 Å². The maximum atomic E-state index is 11.6. The van der Waals surface area contributed by atoms with Gasteiger partial charge in [0, 0.05) is 6.54 Å². The molecule has 0 fully saturated rings. The monoisotopic (exact) mass is 249 g/mol. The van der Waals surface area contributed by atoms with Crippen LogP contribution in [0.25, 0.3) is 11.0 Å². The zero-order chi connectivity index (χ0) is 12.4. The van der Waals surface area contributed by atoms with E-state index in [0.717, 1.165) is 16.6 Å². The number of imidazole rings is 1. The van der Waals surface area contributed by atoms with Crippen molar-refractivity contribution < 1.29 is 4.79 Å². The first kappa shape index (κ1) is 11.9. The molecule has 0 saturated carbocycles. The lowest BCUT2D eigenvalue weighted by molar-refractivity contribution is -0.121. The van der Waals surface area contributed by atoms with Crippen LogP contribution in [0.15, 0.2) is 18.2 Å². The molecule has 1 aromatic heterocycles. The summed E-state index contributed by atoms with van der Waals surface area (Å²) >= 11 is 5.24. The average Bonchev–Trinajstić information content (AvgIpc) is 2.57. The van der Waals surface area contributed by atoms with E-state index >= 15 is 0 Å². The molecule has 0 aliphatic carbocycles. The first-order chi connectivity index (χ1) is 8.13. The van der Waals surface area contributed by atoms with Gasteiger partial charge in [0.05, 0.1) is 11.0 Å². The summed E-state index contributed by atoms with van der Waals surface area (Å²) < 4.78 is 2.42. The molecule has 0 unspecified atom stereocenters. The average molecular weight is 249 g/mol. The maximum Gasteiger partial charge on any atom is 0.240 e. The summed E-state index contributed by atoms with van der Waals surface area (Å²) in [5.41, 5.74) is 3.09. The van der Waals surface area contributed by atoms with E-state index < -0.39 is 0 Å². The van der Waals surface area contributed by atoms with Crippen LogP contribution in [0.4, 0.5) is 0 Å². The van der Waals surface area contributed by atoms with Gasteiger partial charge in [0.15, 0.2) is 4.77 Å². The molecule has 0 atom stereocenters. The summed E-state index contributed by atoms with van der Waals surface area (Å²) in [5.74, 6) is -0.0206. The minimum atomic E-state index is -0.0206. The lowest BCUT2D eigenvalue weighted by Gasteiger charge is -2.06. The van der Waals surface area contributed by atoms with Gasteiger partial charge in [-0.15, -0.1) is 0 Å². The molecule has 0 bridgehead atoms. The molecular weight excluding hydrogens is 234 g/mol. The first-order valence-corrected chi connectivity index (χ1v) is 5.99. The van der Waals surface area contributed by atoms with Gasteiger partial charge in [-0.25, -0.2) is 0 Å². The molecule has 5 heteroatoms. The van der Waals surface area contributed by atoms with E-state index in [4.69, 9.17) is 12.2 Å². The summed E-state index contributed by atoms with van der Waals surface area (Å²) in [6.45, 7) is 4.81. The number of H-pyrrole nitrogens is 1. The molecule has 0 spiro atoms. The second-order valence-corrected chi connectivity index (χ2v) is 4.33. The fourth-order valence-electron chi connectivity index (χ4n) is 1.95. The number of benzene rings is 1. The number of para-hydroxylation sites is 1. The quantitative estimate of drug-likeness (QED) is 0.819. The molecule has 2 aromatic rings. The number of fused-ring (bicyclic) bond motifs is 1. The Morgan fingerprint density at radius 3 is 3.00 bits per heavy atom. The number of nitrogens with one attached hydrogen (secondary N) is 2. The molecule has 0 aliphatic rings. The van der Waals surface area contributed by atoms with Crippen molar-refractivity contribution in [1.82, 2.24) is 14.9 Å². The van der Waals surface area contributed by atoms with E-state index in [-0.39, 0.29) is 12.5 Å².